The molecule has 0 saturated carbocycles. The maximum Gasteiger partial charge on any atom is 0.278 e. The number of likely N-dealkylation sites (N-methyl/N-ethyl adjacent to an activating group) is 1. The summed E-state index contributed by atoms with van der Waals surface area (Å²) < 4.78 is 5.18. The molecule has 0 unspecified atom stereocenters. The minimum Gasteiger partial charge on any atom is -0.497 e. The molecule has 5 nitrogen and oxygen atoms in total. The third-order valence-corrected chi connectivity index (χ3v) is 4.73. The number of nitrogens with zero attached hydrogens (tertiary/aromatic N) is 1. The summed E-state index contributed by atoms with van der Waals surface area (Å²) in [7, 11) is 1.59. The van der Waals surface area contributed by atoms with Crippen molar-refractivity contribution < 1.29 is 14.3 Å². The third-order valence-electron chi connectivity index (χ3n) is 4.73. The lowest BCUT2D eigenvalue weighted by Crippen LogP contribution is -2.32. The van der Waals surface area contributed by atoms with Crippen molar-refractivity contribution in [2.24, 2.45) is 0 Å². The van der Waals surface area contributed by atoms with E-state index in [1.165, 1.54) is 4.90 Å². The topological polar surface area (TPSA) is 58.6 Å². The van der Waals surface area contributed by atoms with Crippen LogP contribution in [-0.2, 0) is 9.59 Å². The molecule has 1 aliphatic rings. The summed E-state index contributed by atoms with van der Waals surface area (Å²) in [6.45, 7) is 6.13. The maximum atomic E-state index is 12.8. The largest absolute Gasteiger partial charge is 0.497 e. The van der Waals surface area contributed by atoms with Gasteiger partial charge in [-0.3, -0.25) is 14.5 Å². The number of amides is 2. The molecule has 26 heavy (non-hydrogen) atoms. The van der Waals surface area contributed by atoms with E-state index >= 15 is 0 Å². The Labute approximate surface area is 153 Å². The maximum absolute atomic E-state index is 12.8. The second-order valence-corrected chi connectivity index (χ2v) is 6.21. The van der Waals surface area contributed by atoms with Crippen LogP contribution in [0.15, 0.2) is 48.2 Å². The van der Waals surface area contributed by atoms with E-state index in [2.05, 4.69) is 5.32 Å². The molecule has 0 spiro atoms. The predicted octanol–water partition coefficient (Wildman–Crippen LogP) is 3.52. The summed E-state index contributed by atoms with van der Waals surface area (Å²) in [5, 5.41) is 3.21. The quantitative estimate of drug-likeness (QED) is 0.838. The second-order valence-electron chi connectivity index (χ2n) is 6.21. The normalized spacial score (nSPS) is 14.2. The molecule has 134 valence electrons. The van der Waals surface area contributed by atoms with E-state index in [-0.39, 0.29) is 11.8 Å². The van der Waals surface area contributed by atoms with Crippen LogP contribution in [-0.4, -0.2) is 30.4 Å². The van der Waals surface area contributed by atoms with Crippen molar-refractivity contribution >= 4 is 23.1 Å². The van der Waals surface area contributed by atoms with Gasteiger partial charge in [0.2, 0.25) is 0 Å². The number of carbonyl (C=O) groups is 2. The summed E-state index contributed by atoms with van der Waals surface area (Å²) in [5.41, 5.74) is 4.38. The Hall–Kier alpha value is -3.08. The zero-order valence-corrected chi connectivity index (χ0v) is 15.4. The van der Waals surface area contributed by atoms with Crippen LogP contribution in [0.4, 0.5) is 5.69 Å². The van der Waals surface area contributed by atoms with Crippen LogP contribution in [0.1, 0.15) is 23.6 Å². The highest BCUT2D eigenvalue weighted by Gasteiger charge is 2.38. The Bertz CT molecular complexity index is 898. The Balaban J connectivity index is 2.10. The van der Waals surface area contributed by atoms with Crippen LogP contribution in [0.3, 0.4) is 0 Å². The molecule has 1 heterocycles. The van der Waals surface area contributed by atoms with E-state index in [1.807, 2.05) is 32.0 Å². The number of methoxy groups -OCH3 is 1. The Morgan fingerprint density at radius 2 is 1.69 bits per heavy atom. The fraction of sp³-hybridized carbons (Fsp3) is 0.238. The monoisotopic (exact) mass is 350 g/mol. The number of hydrogen-bond donors (Lipinski definition) is 1. The number of benzene rings is 2. The molecule has 5 heteroatoms. The van der Waals surface area contributed by atoms with Crippen molar-refractivity contribution in [2.45, 2.75) is 20.8 Å². The van der Waals surface area contributed by atoms with E-state index in [0.29, 0.717) is 29.1 Å². The third kappa shape index (κ3) is 2.96. The second kappa shape index (κ2) is 7.04. The summed E-state index contributed by atoms with van der Waals surface area (Å²) in [6.07, 6.45) is 0. The van der Waals surface area contributed by atoms with Crippen LogP contribution >= 0.6 is 0 Å². The number of rotatable bonds is 5. The first-order valence-electron chi connectivity index (χ1n) is 8.56. The van der Waals surface area contributed by atoms with Gasteiger partial charge in [-0.05, 0) is 55.7 Å². The molecule has 2 aromatic carbocycles. The Morgan fingerprint density at radius 1 is 1.00 bits per heavy atom. The van der Waals surface area contributed by atoms with Gasteiger partial charge in [0, 0.05) is 12.2 Å². The van der Waals surface area contributed by atoms with Gasteiger partial charge in [-0.15, -0.1) is 0 Å². The number of hydrogen-bond acceptors (Lipinski definition) is 4. The SMILES string of the molecule is CCN1C(=O)C(Nc2cccc(C)c2C)=C(c2ccc(OC)cc2)C1=O. The highest BCUT2D eigenvalue weighted by molar-refractivity contribution is 6.36. The first-order chi connectivity index (χ1) is 12.5. The van der Waals surface area contributed by atoms with Crippen molar-refractivity contribution in [1.29, 1.82) is 0 Å². The lowest BCUT2D eigenvalue weighted by molar-refractivity contribution is -0.136. The smallest absolute Gasteiger partial charge is 0.278 e. The molecular formula is C21H22N2O3. The molecule has 3 rings (SSSR count). The van der Waals surface area contributed by atoms with Crippen molar-refractivity contribution in [3.63, 3.8) is 0 Å². The van der Waals surface area contributed by atoms with Gasteiger partial charge in [-0.1, -0.05) is 24.3 Å². The predicted molar refractivity (Wildman–Crippen MR) is 102 cm³/mol. The fourth-order valence-corrected chi connectivity index (χ4v) is 3.03. The Morgan fingerprint density at radius 3 is 2.31 bits per heavy atom. The number of aryl methyl sites for hydroxylation is 1. The number of ether oxygens (including phenoxy) is 1. The summed E-state index contributed by atoms with van der Waals surface area (Å²) >= 11 is 0. The van der Waals surface area contributed by atoms with Crippen LogP contribution in [0.5, 0.6) is 5.75 Å². The molecule has 1 N–H and O–H groups in total. The summed E-state index contributed by atoms with van der Waals surface area (Å²) in [4.78, 5) is 26.9. The van der Waals surface area contributed by atoms with Gasteiger partial charge in [0.1, 0.15) is 11.4 Å². The zero-order chi connectivity index (χ0) is 18.8. The highest BCUT2D eigenvalue weighted by Crippen LogP contribution is 2.32. The molecule has 0 atom stereocenters. The molecule has 0 bridgehead atoms. The van der Waals surface area contributed by atoms with Crippen molar-refractivity contribution in [3.05, 3.63) is 64.9 Å². The van der Waals surface area contributed by atoms with Crippen LogP contribution in [0.25, 0.3) is 5.57 Å². The van der Waals surface area contributed by atoms with Gasteiger partial charge in [-0.2, -0.15) is 0 Å². The van der Waals surface area contributed by atoms with Gasteiger partial charge in [0.05, 0.1) is 12.7 Å². The Kier molecular flexibility index (Phi) is 4.80. The molecule has 2 aromatic rings. The van der Waals surface area contributed by atoms with E-state index in [0.717, 1.165) is 16.8 Å². The van der Waals surface area contributed by atoms with Crippen LogP contribution in [0.2, 0.25) is 0 Å². The molecular weight excluding hydrogens is 328 g/mol. The van der Waals surface area contributed by atoms with Gasteiger partial charge < -0.3 is 10.1 Å². The van der Waals surface area contributed by atoms with Crippen molar-refractivity contribution in [1.82, 2.24) is 4.90 Å². The fourth-order valence-electron chi connectivity index (χ4n) is 3.03. The average molecular weight is 350 g/mol. The van der Waals surface area contributed by atoms with Gasteiger partial charge in [0.25, 0.3) is 11.8 Å². The van der Waals surface area contributed by atoms with E-state index in [1.54, 1.807) is 38.3 Å². The van der Waals surface area contributed by atoms with Gasteiger partial charge >= 0.3 is 0 Å². The number of nitrogens with one attached hydrogen (secondary N) is 1. The minimum atomic E-state index is -0.302. The summed E-state index contributed by atoms with van der Waals surface area (Å²) in [5.74, 6) is 0.113. The van der Waals surface area contributed by atoms with E-state index < -0.39 is 0 Å². The molecule has 1 aliphatic heterocycles. The molecule has 0 fully saturated rings. The van der Waals surface area contributed by atoms with Crippen LogP contribution < -0.4 is 10.1 Å². The summed E-state index contributed by atoms with van der Waals surface area (Å²) in [6, 6.07) is 13.0. The first-order valence-corrected chi connectivity index (χ1v) is 8.56. The zero-order valence-electron chi connectivity index (χ0n) is 15.4. The number of carbonyl (C=O) groups excluding carboxylic acids is 2. The molecule has 0 saturated heterocycles. The molecule has 2 amide bonds. The lowest BCUT2D eigenvalue weighted by Gasteiger charge is -2.14. The van der Waals surface area contributed by atoms with Gasteiger partial charge in [-0.25, -0.2) is 0 Å². The van der Waals surface area contributed by atoms with Crippen LogP contribution in [0, 0.1) is 13.8 Å². The van der Waals surface area contributed by atoms with Crippen molar-refractivity contribution in [2.75, 3.05) is 19.0 Å². The lowest BCUT2D eigenvalue weighted by atomic mass is 10.0. The standard InChI is InChI=1S/C21H22N2O3/c1-5-23-20(24)18(15-9-11-16(26-4)12-10-15)19(21(23)25)22-17-8-6-7-13(2)14(17)3/h6-12,22H,5H2,1-4H3. The minimum absolute atomic E-state index is 0.282. The van der Waals surface area contributed by atoms with E-state index in [9.17, 15) is 9.59 Å². The van der Waals surface area contributed by atoms with E-state index in [4.69, 9.17) is 4.74 Å². The molecule has 0 aliphatic carbocycles. The van der Waals surface area contributed by atoms with Crippen molar-refractivity contribution in [3.8, 4) is 5.75 Å². The molecule has 0 radical (unpaired) electrons. The number of imide groups is 1. The average Bonchev–Trinajstić information content (AvgIpc) is 2.88. The highest BCUT2D eigenvalue weighted by atomic mass is 16.5. The number of anilines is 1. The van der Waals surface area contributed by atoms with Gasteiger partial charge in [0.15, 0.2) is 0 Å². The first kappa shape index (κ1) is 17.7. The molecule has 0 aromatic heterocycles.